The number of sulfonamides is 1. The molecule has 2 aromatic carbocycles. The van der Waals surface area contributed by atoms with Crippen molar-refractivity contribution in [3.63, 3.8) is 0 Å². The quantitative estimate of drug-likeness (QED) is 0.703. The maximum Gasteiger partial charge on any atom is 0.266 e. The summed E-state index contributed by atoms with van der Waals surface area (Å²) in [5.74, 6) is -0.376. The molecule has 1 heterocycles. The van der Waals surface area contributed by atoms with Crippen molar-refractivity contribution in [2.75, 3.05) is 10.8 Å². The van der Waals surface area contributed by atoms with Crippen molar-refractivity contribution in [3.05, 3.63) is 54.6 Å². The van der Waals surface area contributed by atoms with Crippen LogP contribution < -0.4 is 9.62 Å². The molecule has 0 aliphatic rings. The SMILES string of the molecule is CC(C)NC(=O)CN(c1nc2ccccc2s1)S(=O)(=O)c1ccccc1. The number of fused-ring (bicyclic) bond motifs is 1. The second-order valence-electron chi connectivity index (χ2n) is 6.01. The van der Waals surface area contributed by atoms with Gasteiger partial charge >= 0.3 is 0 Å². The van der Waals surface area contributed by atoms with Crippen LogP contribution in [0, 0.1) is 0 Å². The van der Waals surface area contributed by atoms with Gasteiger partial charge in [-0.3, -0.25) is 4.79 Å². The minimum Gasteiger partial charge on any atom is -0.352 e. The van der Waals surface area contributed by atoms with E-state index in [1.165, 1.54) is 23.5 Å². The van der Waals surface area contributed by atoms with E-state index in [2.05, 4.69) is 10.3 Å². The normalized spacial score (nSPS) is 11.7. The molecule has 0 aliphatic heterocycles. The number of hydrogen-bond donors (Lipinski definition) is 1. The molecule has 0 bridgehead atoms. The smallest absolute Gasteiger partial charge is 0.266 e. The Balaban J connectivity index is 2.05. The molecule has 136 valence electrons. The van der Waals surface area contributed by atoms with Crippen molar-refractivity contribution in [1.82, 2.24) is 10.3 Å². The highest BCUT2D eigenvalue weighted by molar-refractivity contribution is 7.93. The molecule has 0 aliphatic carbocycles. The summed E-state index contributed by atoms with van der Waals surface area (Å²) < 4.78 is 28.2. The number of aromatic nitrogens is 1. The lowest BCUT2D eigenvalue weighted by Gasteiger charge is -2.21. The topological polar surface area (TPSA) is 79.4 Å². The monoisotopic (exact) mass is 389 g/mol. The van der Waals surface area contributed by atoms with E-state index in [4.69, 9.17) is 0 Å². The van der Waals surface area contributed by atoms with Crippen molar-refractivity contribution < 1.29 is 13.2 Å². The van der Waals surface area contributed by atoms with Crippen LogP contribution in [0.25, 0.3) is 10.2 Å². The summed E-state index contributed by atoms with van der Waals surface area (Å²) in [7, 11) is -3.91. The molecule has 26 heavy (non-hydrogen) atoms. The summed E-state index contributed by atoms with van der Waals surface area (Å²) in [5, 5.41) is 3.00. The van der Waals surface area contributed by atoms with Crippen molar-refractivity contribution in [2.45, 2.75) is 24.8 Å². The molecule has 3 aromatic rings. The molecule has 1 aromatic heterocycles. The summed E-state index contributed by atoms with van der Waals surface area (Å²) in [6.07, 6.45) is 0. The predicted octanol–water partition coefficient (Wildman–Crippen LogP) is 3.02. The molecule has 0 atom stereocenters. The van der Waals surface area contributed by atoms with Gasteiger partial charge in [-0.15, -0.1) is 0 Å². The fourth-order valence-electron chi connectivity index (χ4n) is 2.44. The van der Waals surface area contributed by atoms with Crippen molar-refractivity contribution in [1.29, 1.82) is 0 Å². The highest BCUT2D eigenvalue weighted by atomic mass is 32.2. The van der Waals surface area contributed by atoms with E-state index in [0.29, 0.717) is 5.52 Å². The molecule has 1 N–H and O–H groups in total. The van der Waals surface area contributed by atoms with Crippen LogP contribution in [0.3, 0.4) is 0 Å². The van der Waals surface area contributed by atoms with Gasteiger partial charge in [0.1, 0.15) is 6.54 Å². The highest BCUT2D eigenvalue weighted by Crippen LogP contribution is 2.32. The van der Waals surface area contributed by atoms with Crippen LogP contribution in [-0.4, -0.2) is 31.9 Å². The average Bonchev–Trinajstić information content (AvgIpc) is 3.03. The standard InChI is InChI=1S/C18H19N3O3S2/c1-13(2)19-17(22)12-21(26(23,24)14-8-4-3-5-9-14)18-20-15-10-6-7-11-16(15)25-18/h3-11,13H,12H2,1-2H3,(H,19,22). The Labute approximate surface area is 156 Å². The van der Waals surface area contributed by atoms with Gasteiger partial charge < -0.3 is 5.32 Å². The van der Waals surface area contributed by atoms with Gasteiger partial charge in [0.05, 0.1) is 15.1 Å². The number of carbonyl (C=O) groups is 1. The minimum absolute atomic E-state index is 0.0841. The molecule has 0 radical (unpaired) electrons. The highest BCUT2D eigenvalue weighted by Gasteiger charge is 2.29. The summed E-state index contributed by atoms with van der Waals surface area (Å²) in [4.78, 5) is 16.8. The summed E-state index contributed by atoms with van der Waals surface area (Å²) in [6, 6.07) is 15.4. The van der Waals surface area contributed by atoms with Gasteiger partial charge in [0.2, 0.25) is 11.0 Å². The number of amides is 1. The van der Waals surface area contributed by atoms with Gasteiger partial charge in [-0.1, -0.05) is 41.7 Å². The molecule has 8 heteroatoms. The van der Waals surface area contributed by atoms with Crippen molar-refractivity contribution in [2.24, 2.45) is 0 Å². The number of carbonyl (C=O) groups excluding carboxylic acids is 1. The van der Waals surface area contributed by atoms with Crippen LogP contribution in [-0.2, 0) is 14.8 Å². The molecular formula is C18H19N3O3S2. The largest absolute Gasteiger partial charge is 0.352 e. The first-order valence-electron chi connectivity index (χ1n) is 8.10. The van der Waals surface area contributed by atoms with E-state index in [-0.39, 0.29) is 28.5 Å². The van der Waals surface area contributed by atoms with E-state index in [9.17, 15) is 13.2 Å². The molecule has 0 unspecified atom stereocenters. The van der Waals surface area contributed by atoms with E-state index < -0.39 is 10.0 Å². The first-order chi connectivity index (χ1) is 12.4. The Hall–Kier alpha value is -2.45. The number of thiazole rings is 1. The van der Waals surface area contributed by atoms with Crippen LogP contribution in [0.1, 0.15) is 13.8 Å². The first kappa shape index (κ1) is 18.3. The Kier molecular flexibility index (Phi) is 5.24. The van der Waals surface area contributed by atoms with Crippen molar-refractivity contribution >= 4 is 42.6 Å². The first-order valence-corrected chi connectivity index (χ1v) is 10.4. The van der Waals surface area contributed by atoms with Crippen LogP contribution in [0.2, 0.25) is 0 Å². The van der Waals surface area contributed by atoms with Crippen LogP contribution in [0.4, 0.5) is 5.13 Å². The van der Waals surface area contributed by atoms with Crippen LogP contribution in [0.5, 0.6) is 0 Å². The van der Waals surface area contributed by atoms with Gasteiger partial charge in [0.15, 0.2) is 0 Å². The lowest BCUT2D eigenvalue weighted by molar-refractivity contribution is -0.120. The number of para-hydroxylation sites is 1. The van der Waals surface area contributed by atoms with E-state index in [1.54, 1.807) is 18.2 Å². The minimum atomic E-state index is -3.91. The van der Waals surface area contributed by atoms with Gasteiger partial charge in [0.25, 0.3) is 10.0 Å². The third-order valence-electron chi connectivity index (χ3n) is 3.56. The molecule has 6 nitrogen and oxygen atoms in total. The number of nitrogens with zero attached hydrogens (tertiary/aromatic N) is 2. The number of rotatable bonds is 6. The summed E-state index contributed by atoms with van der Waals surface area (Å²) in [5.41, 5.74) is 0.699. The third-order valence-corrected chi connectivity index (χ3v) is 6.49. The Morgan fingerprint density at radius 2 is 1.77 bits per heavy atom. The number of benzene rings is 2. The second-order valence-corrected chi connectivity index (χ2v) is 8.88. The molecular weight excluding hydrogens is 370 g/mol. The molecule has 0 saturated heterocycles. The molecule has 3 rings (SSSR count). The van der Waals surface area contributed by atoms with E-state index in [1.807, 2.05) is 38.1 Å². The molecule has 1 amide bonds. The van der Waals surface area contributed by atoms with Gasteiger partial charge in [-0.2, -0.15) is 0 Å². The van der Waals surface area contributed by atoms with E-state index >= 15 is 0 Å². The molecule has 0 saturated carbocycles. The maximum atomic E-state index is 13.1. The lowest BCUT2D eigenvalue weighted by Crippen LogP contribution is -2.42. The summed E-state index contributed by atoms with van der Waals surface area (Å²) >= 11 is 1.24. The van der Waals surface area contributed by atoms with Crippen molar-refractivity contribution in [3.8, 4) is 0 Å². The Bertz CT molecular complexity index is 981. The third kappa shape index (κ3) is 3.86. The number of hydrogen-bond acceptors (Lipinski definition) is 5. The van der Waals surface area contributed by atoms with E-state index in [0.717, 1.165) is 9.01 Å². The lowest BCUT2D eigenvalue weighted by atomic mass is 10.3. The van der Waals surface area contributed by atoms with Gasteiger partial charge in [-0.05, 0) is 38.1 Å². The maximum absolute atomic E-state index is 13.1. The zero-order chi connectivity index (χ0) is 18.7. The Morgan fingerprint density at radius 3 is 2.42 bits per heavy atom. The fourth-order valence-corrected chi connectivity index (χ4v) is 5.01. The van der Waals surface area contributed by atoms with Crippen LogP contribution in [0.15, 0.2) is 59.5 Å². The summed E-state index contributed by atoms with van der Waals surface area (Å²) in [6.45, 7) is 3.33. The second kappa shape index (κ2) is 7.43. The van der Waals surface area contributed by atoms with Gasteiger partial charge in [-0.25, -0.2) is 17.7 Å². The zero-order valence-corrected chi connectivity index (χ0v) is 16.0. The zero-order valence-electron chi connectivity index (χ0n) is 14.4. The Morgan fingerprint density at radius 1 is 1.12 bits per heavy atom. The predicted molar refractivity (Wildman–Crippen MR) is 104 cm³/mol. The number of anilines is 1. The number of nitrogens with one attached hydrogen (secondary N) is 1. The fraction of sp³-hybridized carbons (Fsp3) is 0.222. The van der Waals surface area contributed by atoms with Crippen LogP contribution >= 0.6 is 11.3 Å². The average molecular weight is 390 g/mol. The molecule has 0 spiro atoms. The molecule has 0 fully saturated rings. The van der Waals surface area contributed by atoms with Gasteiger partial charge in [0, 0.05) is 6.04 Å².